The van der Waals surface area contributed by atoms with Gasteiger partial charge in [-0.1, -0.05) is 45.1 Å². The molecule has 0 aromatic carbocycles. The van der Waals surface area contributed by atoms with E-state index in [1.807, 2.05) is 0 Å². The lowest BCUT2D eigenvalue weighted by molar-refractivity contribution is -0.115. The van der Waals surface area contributed by atoms with Crippen LogP contribution in [0.3, 0.4) is 0 Å². The van der Waals surface area contributed by atoms with Crippen LogP contribution in [0.4, 0.5) is 0 Å². The summed E-state index contributed by atoms with van der Waals surface area (Å²) in [5, 5.41) is 0. The Morgan fingerprint density at radius 1 is 1.20 bits per heavy atom. The largest absolute Gasteiger partial charge is 0.295 e. The molecular formula is C14H24O. The Bertz CT molecular complexity index is 215. The lowest BCUT2D eigenvalue weighted by Gasteiger charge is -2.01. The van der Waals surface area contributed by atoms with Gasteiger partial charge in [0.05, 0.1) is 0 Å². The first-order valence-corrected chi connectivity index (χ1v) is 6.57. The lowest BCUT2D eigenvalue weighted by Crippen LogP contribution is -1.99. The maximum absolute atomic E-state index is 11.7. The minimum Gasteiger partial charge on any atom is -0.295 e. The smallest absolute Gasteiger partial charge is 0.158 e. The van der Waals surface area contributed by atoms with Gasteiger partial charge in [0.25, 0.3) is 0 Å². The number of carbonyl (C=O) groups excluding carboxylic acids is 1. The fourth-order valence-electron chi connectivity index (χ4n) is 2.15. The molecule has 15 heavy (non-hydrogen) atoms. The first-order valence-electron chi connectivity index (χ1n) is 6.57. The summed E-state index contributed by atoms with van der Waals surface area (Å²) >= 11 is 0. The zero-order valence-electron chi connectivity index (χ0n) is 10.1. The predicted octanol–water partition coefficient (Wildman–Crippen LogP) is 4.42. The Labute approximate surface area is 93.9 Å². The highest BCUT2D eigenvalue weighted by atomic mass is 16.1. The summed E-state index contributed by atoms with van der Waals surface area (Å²) in [4.78, 5) is 11.7. The van der Waals surface area contributed by atoms with E-state index in [4.69, 9.17) is 0 Å². The first-order chi connectivity index (χ1) is 7.34. The van der Waals surface area contributed by atoms with Crippen molar-refractivity contribution in [3.05, 3.63) is 11.6 Å². The predicted molar refractivity (Wildman–Crippen MR) is 64.9 cm³/mol. The van der Waals surface area contributed by atoms with Gasteiger partial charge in [-0.05, 0) is 31.3 Å². The Kier molecular flexibility index (Phi) is 6.38. The molecule has 0 unspecified atom stereocenters. The zero-order chi connectivity index (χ0) is 10.9. The van der Waals surface area contributed by atoms with Crippen LogP contribution >= 0.6 is 0 Å². The second-order valence-electron chi connectivity index (χ2n) is 4.56. The van der Waals surface area contributed by atoms with Gasteiger partial charge in [0, 0.05) is 6.42 Å². The van der Waals surface area contributed by atoms with Crippen molar-refractivity contribution in [2.75, 3.05) is 0 Å². The third kappa shape index (κ3) is 5.15. The van der Waals surface area contributed by atoms with Crippen molar-refractivity contribution >= 4 is 5.78 Å². The SMILES string of the molecule is CCCCCCCCC(=O)C1=CCCC1. The van der Waals surface area contributed by atoms with Gasteiger partial charge in [-0.3, -0.25) is 4.79 Å². The molecule has 0 bridgehead atoms. The van der Waals surface area contributed by atoms with E-state index in [0.29, 0.717) is 5.78 Å². The van der Waals surface area contributed by atoms with Crippen LogP contribution in [0.2, 0.25) is 0 Å². The molecule has 0 aromatic heterocycles. The molecule has 0 aliphatic heterocycles. The molecule has 1 rings (SSSR count). The Hall–Kier alpha value is -0.590. The Morgan fingerprint density at radius 3 is 2.60 bits per heavy atom. The molecule has 1 heteroatoms. The summed E-state index contributed by atoms with van der Waals surface area (Å²) in [6.45, 7) is 2.23. The number of allylic oxidation sites excluding steroid dienone is 2. The van der Waals surface area contributed by atoms with Gasteiger partial charge >= 0.3 is 0 Å². The first kappa shape index (κ1) is 12.5. The third-order valence-corrected chi connectivity index (χ3v) is 3.16. The molecule has 0 fully saturated rings. The molecule has 1 aliphatic carbocycles. The maximum atomic E-state index is 11.7. The van der Waals surface area contributed by atoms with Crippen LogP contribution in [0.25, 0.3) is 0 Å². The minimum absolute atomic E-state index is 0.419. The van der Waals surface area contributed by atoms with E-state index in [1.165, 1.54) is 38.5 Å². The minimum atomic E-state index is 0.419. The quantitative estimate of drug-likeness (QED) is 0.540. The number of ketones is 1. The van der Waals surface area contributed by atoms with Gasteiger partial charge in [0.2, 0.25) is 0 Å². The Morgan fingerprint density at radius 2 is 1.93 bits per heavy atom. The highest BCUT2D eigenvalue weighted by Gasteiger charge is 2.12. The van der Waals surface area contributed by atoms with Crippen LogP contribution in [-0.2, 0) is 4.79 Å². The van der Waals surface area contributed by atoms with E-state index in [9.17, 15) is 4.79 Å². The molecule has 1 aliphatic rings. The average molecular weight is 208 g/mol. The van der Waals surface area contributed by atoms with E-state index in [1.54, 1.807) is 0 Å². The van der Waals surface area contributed by atoms with Gasteiger partial charge < -0.3 is 0 Å². The lowest BCUT2D eigenvalue weighted by atomic mass is 10.0. The standard InChI is InChI=1S/C14H24O/c1-2-3-4-5-6-7-12-14(15)13-10-8-9-11-13/h10H,2-9,11-12H2,1H3. The maximum Gasteiger partial charge on any atom is 0.158 e. The number of carbonyl (C=O) groups is 1. The van der Waals surface area contributed by atoms with Crippen molar-refractivity contribution < 1.29 is 4.79 Å². The molecule has 0 saturated carbocycles. The van der Waals surface area contributed by atoms with E-state index in [0.717, 1.165) is 31.3 Å². The molecule has 0 heterocycles. The van der Waals surface area contributed by atoms with Crippen molar-refractivity contribution in [1.29, 1.82) is 0 Å². The van der Waals surface area contributed by atoms with Crippen LogP contribution in [-0.4, -0.2) is 5.78 Å². The van der Waals surface area contributed by atoms with E-state index in [-0.39, 0.29) is 0 Å². The van der Waals surface area contributed by atoms with Gasteiger partial charge in [-0.15, -0.1) is 0 Å². The number of Topliss-reactive ketones (excluding diaryl/α,β-unsaturated/α-hetero) is 1. The van der Waals surface area contributed by atoms with Crippen molar-refractivity contribution in [3.63, 3.8) is 0 Å². The fourth-order valence-corrected chi connectivity index (χ4v) is 2.15. The number of unbranched alkanes of at least 4 members (excludes halogenated alkanes) is 5. The molecule has 0 radical (unpaired) electrons. The number of rotatable bonds is 8. The summed E-state index contributed by atoms with van der Waals surface area (Å²) in [7, 11) is 0. The van der Waals surface area contributed by atoms with E-state index >= 15 is 0 Å². The summed E-state index contributed by atoms with van der Waals surface area (Å²) in [6, 6.07) is 0. The molecular weight excluding hydrogens is 184 g/mol. The van der Waals surface area contributed by atoms with Crippen molar-refractivity contribution in [1.82, 2.24) is 0 Å². The molecule has 1 nitrogen and oxygen atoms in total. The molecule has 0 amide bonds. The van der Waals surface area contributed by atoms with Crippen LogP contribution in [0.1, 0.15) is 71.1 Å². The number of hydrogen-bond acceptors (Lipinski definition) is 1. The molecule has 0 aromatic rings. The molecule has 0 spiro atoms. The summed E-state index contributed by atoms with van der Waals surface area (Å²) in [5.41, 5.74) is 1.11. The number of hydrogen-bond donors (Lipinski definition) is 0. The second-order valence-corrected chi connectivity index (χ2v) is 4.56. The van der Waals surface area contributed by atoms with Gasteiger partial charge in [-0.2, -0.15) is 0 Å². The van der Waals surface area contributed by atoms with Gasteiger partial charge in [-0.25, -0.2) is 0 Å². The average Bonchev–Trinajstić information content (AvgIpc) is 2.76. The molecule has 0 saturated heterocycles. The van der Waals surface area contributed by atoms with E-state index in [2.05, 4.69) is 13.0 Å². The highest BCUT2D eigenvalue weighted by Crippen LogP contribution is 2.20. The third-order valence-electron chi connectivity index (χ3n) is 3.16. The topological polar surface area (TPSA) is 17.1 Å². The van der Waals surface area contributed by atoms with Crippen LogP contribution in [0.15, 0.2) is 11.6 Å². The Balaban J connectivity index is 1.97. The van der Waals surface area contributed by atoms with Crippen molar-refractivity contribution in [2.24, 2.45) is 0 Å². The van der Waals surface area contributed by atoms with Crippen molar-refractivity contribution in [3.8, 4) is 0 Å². The molecule has 0 atom stereocenters. The van der Waals surface area contributed by atoms with Crippen LogP contribution in [0.5, 0.6) is 0 Å². The normalized spacial score (nSPS) is 15.4. The summed E-state index contributed by atoms with van der Waals surface area (Å²) < 4.78 is 0. The van der Waals surface area contributed by atoms with Crippen LogP contribution in [0, 0.1) is 0 Å². The monoisotopic (exact) mass is 208 g/mol. The fraction of sp³-hybridized carbons (Fsp3) is 0.786. The molecule has 86 valence electrons. The van der Waals surface area contributed by atoms with Crippen molar-refractivity contribution in [2.45, 2.75) is 71.1 Å². The zero-order valence-corrected chi connectivity index (χ0v) is 10.1. The van der Waals surface area contributed by atoms with Gasteiger partial charge in [0.1, 0.15) is 0 Å². The molecule has 0 N–H and O–H groups in total. The van der Waals surface area contributed by atoms with Crippen LogP contribution < -0.4 is 0 Å². The second kappa shape index (κ2) is 7.67. The summed E-state index contributed by atoms with van der Waals surface area (Å²) in [6.07, 6.45) is 13.9. The van der Waals surface area contributed by atoms with Gasteiger partial charge in [0.15, 0.2) is 5.78 Å². The van der Waals surface area contributed by atoms with E-state index < -0.39 is 0 Å². The highest BCUT2D eigenvalue weighted by molar-refractivity contribution is 5.95. The summed E-state index contributed by atoms with van der Waals surface area (Å²) in [5.74, 6) is 0.419.